The molecule has 1 unspecified atom stereocenters. The van der Waals surface area contributed by atoms with Crippen LogP contribution in [0.4, 0.5) is 0 Å². The quantitative estimate of drug-likeness (QED) is 0.804. The Kier molecular flexibility index (Phi) is 4.10. The Morgan fingerprint density at radius 2 is 1.86 bits per heavy atom. The third-order valence-electron chi connectivity index (χ3n) is 3.65. The maximum atomic E-state index is 12.3. The first-order valence-corrected chi connectivity index (χ1v) is 7.26. The fourth-order valence-electron chi connectivity index (χ4n) is 2.51. The van der Waals surface area contributed by atoms with Gasteiger partial charge < -0.3 is 5.32 Å². The lowest BCUT2D eigenvalue weighted by Gasteiger charge is -2.14. The van der Waals surface area contributed by atoms with E-state index in [-0.39, 0.29) is 11.9 Å². The Morgan fingerprint density at radius 1 is 1.09 bits per heavy atom. The molecule has 4 heteroatoms. The van der Waals surface area contributed by atoms with Gasteiger partial charge in [-0.1, -0.05) is 24.3 Å². The maximum absolute atomic E-state index is 12.3. The van der Waals surface area contributed by atoms with Gasteiger partial charge in [0.05, 0.1) is 18.0 Å². The van der Waals surface area contributed by atoms with Crippen LogP contribution in [0.5, 0.6) is 0 Å². The van der Waals surface area contributed by atoms with Gasteiger partial charge in [0.25, 0.3) is 0 Å². The highest BCUT2D eigenvalue weighted by atomic mass is 16.1. The molecule has 2 heterocycles. The minimum Gasteiger partial charge on any atom is -0.349 e. The van der Waals surface area contributed by atoms with E-state index in [1.165, 1.54) is 0 Å². The second-order valence-electron chi connectivity index (χ2n) is 5.24. The van der Waals surface area contributed by atoms with Crippen LogP contribution in [0, 0.1) is 0 Å². The van der Waals surface area contributed by atoms with Gasteiger partial charge >= 0.3 is 0 Å². The van der Waals surface area contributed by atoms with Crippen molar-refractivity contribution < 1.29 is 4.79 Å². The SMILES string of the molecule is CC(NC(=O)Cc1cccc2cccnc12)c1ccncc1. The van der Waals surface area contributed by atoms with E-state index in [0.29, 0.717) is 6.42 Å². The molecule has 3 aromatic rings. The summed E-state index contributed by atoms with van der Waals surface area (Å²) in [5, 5.41) is 4.07. The van der Waals surface area contributed by atoms with E-state index in [0.717, 1.165) is 22.0 Å². The van der Waals surface area contributed by atoms with Crippen LogP contribution < -0.4 is 5.32 Å². The standard InChI is InChI=1S/C18H17N3O/c1-13(14-7-10-19-11-8-14)21-17(22)12-16-5-2-4-15-6-3-9-20-18(15)16/h2-11,13H,12H2,1H3,(H,21,22). The number of carbonyl (C=O) groups excluding carboxylic acids is 1. The average molecular weight is 291 g/mol. The lowest BCUT2D eigenvalue weighted by molar-refractivity contribution is -0.121. The molecular formula is C18H17N3O. The molecular weight excluding hydrogens is 274 g/mol. The molecule has 0 spiro atoms. The van der Waals surface area contributed by atoms with E-state index in [1.54, 1.807) is 18.6 Å². The summed E-state index contributed by atoms with van der Waals surface area (Å²) < 4.78 is 0. The Bertz CT molecular complexity index is 781. The van der Waals surface area contributed by atoms with Crippen molar-refractivity contribution in [2.24, 2.45) is 0 Å². The molecule has 3 rings (SSSR count). The molecule has 0 bridgehead atoms. The number of aromatic nitrogens is 2. The van der Waals surface area contributed by atoms with Crippen LogP contribution in [-0.4, -0.2) is 15.9 Å². The molecule has 0 aliphatic rings. The molecule has 2 aromatic heterocycles. The molecule has 110 valence electrons. The van der Waals surface area contributed by atoms with Crippen LogP contribution in [0.25, 0.3) is 10.9 Å². The molecule has 1 N–H and O–H groups in total. The van der Waals surface area contributed by atoms with Crippen LogP contribution in [0.1, 0.15) is 24.1 Å². The zero-order valence-electron chi connectivity index (χ0n) is 12.4. The topological polar surface area (TPSA) is 54.9 Å². The van der Waals surface area contributed by atoms with Crippen molar-refractivity contribution in [1.82, 2.24) is 15.3 Å². The Labute approximate surface area is 129 Å². The predicted molar refractivity (Wildman–Crippen MR) is 86.2 cm³/mol. The van der Waals surface area contributed by atoms with Crippen molar-refractivity contribution in [2.75, 3.05) is 0 Å². The minimum atomic E-state index is -0.0431. The lowest BCUT2D eigenvalue weighted by Crippen LogP contribution is -2.28. The zero-order chi connectivity index (χ0) is 15.4. The number of benzene rings is 1. The van der Waals surface area contributed by atoms with Crippen LogP contribution in [-0.2, 0) is 11.2 Å². The number of nitrogens with one attached hydrogen (secondary N) is 1. The number of rotatable bonds is 4. The predicted octanol–water partition coefficient (Wildman–Crippen LogP) is 3.05. The smallest absolute Gasteiger partial charge is 0.224 e. The monoisotopic (exact) mass is 291 g/mol. The number of carbonyl (C=O) groups is 1. The van der Waals surface area contributed by atoms with E-state index in [1.807, 2.05) is 49.4 Å². The van der Waals surface area contributed by atoms with E-state index in [9.17, 15) is 4.79 Å². The highest BCUT2D eigenvalue weighted by Gasteiger charge is 2.11. The number of para-hydroxylation sites is 1. The normalized spacial score (nSPS) is 12.0. The van der Waals surface area contributed by atoms with Crippen LogP contribution in [0.2, 0.25) is 0 Å². The van der Waals surface area contributed by atoms with Gasteiger partial charge in [0.15, 0.2) is 0 Å². The van der Waals surface area contributed by atoms with Gasteiger partial charge in [-0.2, -0.15) is 0 Å². The van der Waals surface area contributed by atoms with Gasteiger partial charge in [-0.05, 0) is 36.2 Å². The summed E-state index contributed by atoms with van der Waals surface area (Å²) in [5.41, 5.74) is 2.87. The van der Waals surface area contributed by atoms with Crippen molar-refractivity contribution >= 4 is 16.8 Å². The van der Waals surface area contributed by atoms with Gasteiger partial charge in [0.1, 0.15) is 0 Å². The van der Waals surface area contributed by atoms with Gasteiger partial charge in [-0.25, -0.2) is 0 Å². The summed E-state index contributed by atoms with van der Waals surface area (Å²) in [6, 6.07) is 13.6. The molecule has 0 aliphatic heterocycles. The summed E-state index contributed by atoms with van der Waals surface area (Å²) in [6.45, 7) is 1.97. The minimum absolute atomic E-state index is 0.0116. The summed E-state index contributed by atoms with van der Waals surface area (Å²) >= 11 is 0. The van der Waals surface area contributed by atoms with Crippen LogP contribution >= 0.6 is 0 Å². The van der Waals surface area contributed by atoms with Gasteiger partial charge in [-0.15, -0.1) is 0 Å². The third kappa shape index (κ3) is 3.11. The van der Waals surface area contributed by atoms with E-state index < -0.39 is 0 Å². The summed E-state index contributed by atoms with van der Waals surface area (Å²) in [6.07, 6.45) is 5.53. The van der Waals surface area contributed by atoms with E-state index in [4.69, 9.17) is 0 Å². The van der Waals surface area contributed by atoms with Crippen molar-refractivity contribution in [3.05, 3.63) is 72.2 Å². The first kappa shape index (κ1) is 14.2. The molecule has 0 radical (unpaired) electrons. The third-order valence-corrected chi connectivity index (χ3v) is 3.65. The van der Waals surface area contributed by atoms with Crippen molar-refractivity contribution in [3.63, 3.8) is 0 Å². The second kappa shape index (κ2) is 6.35. The molecule has 0 aliphatic carbocycles. The highest BCUT2D eigenvalue weighted by Crippen LogP contribution is 2.17. The Hall–Kier alpha value is -2.75. The zero-order valence-corrected chi connectivity index (χ0v) is 12.4. The number of nitrogens with zero attached hydrogens (tertiary/aromatic N) is 2. The molecule has 0 fully saturated rings. The first-order chi connectivity index (χ1) is 10.7. The van der Waals surface area contributed by atoms with E-state index >= 15 is 0 Å². The molecule has 0 saturated carbocycles. The Morgan fingerprint density at radius 3 is 2.68 bits per heavy atom. The van der Waals surface area contributed by atoms with Crippen molar-refractivity contribution in [2.45, 2.75) is 19.4 Å². The highest BCUT2D eigenvalue weighted by molar-refractivity contribution is 5.87. The molecule has 0 saturated heterocycles. The number of hydrogen-bond acceptors (Lipinski definition) is 3. The molecule has 1 amide bonds. The van der Waals surface area contributed by atoms with Gasteiger partial charge in [-0.3, -0.25) is 14.8 Å². The lowest BCUT2D eigenvalue weighted by atomic mass is 10.1. The summed E-state index contributed by atoms with van der Waals surface area (Å²) in [4.78, 5) is 20.7. The first-order valence-electron chi connectivity index (χ1n) is 7.26. The average Bonchev–Trinajstić information content (AvgIpc) is 2.56. The summed E-state index contributed by atoms with van der Waals surface area (Å²) in [7, 11) is 0. The molecule has 22 heavy (non-hydrogen) atoms. The van der Waals surface area contributed by atoms with E-state index in [2.05, 4.69) is 15.3 Å². The van der Waals surface area contributed by atoms with Crippen LogP contribution in [0.3, 0.4) is 0 Å². The maximum Gasteiger partial charge on any atom is 0.224 e. The molecule has 1 atom stereocenters. The fourth-order valence-corrected chi connectivity index (χ4v) is 2.51. The molecule has 4 nitrogen and oxygen atoms in total. The fraction of sp³-hybridized carbons (Fsp3) is 0.167. The Balaban J connectivity index is 1.74. The largest absolute Gasteiger partial charge is 0.349 e. The molecule has 1 aromatic carbocycles. The summed E-state index contributed by atoms with van der Waals surface area (Å²) in [5.74, 6) is -0.0116. The van der Waals surface area contributed by atoms with Gasteiger partial charge in [0, 0.05) is 24.0 Å². The number of fused-ring (bicyclic) bond motifs is 1. The number of hydrogen-bond donors (Lipinski definition) is 1. The van der Waals surface area contributed by atoms with Gasteiger partial charge in [0.2, 0.25) is 5.91 Å². The van der Waals surface area contributed by atoms with Crippen LogP contribution in [0.15, 0.2) is 61.1 Å². The van der Waals surface area contributed by atoms with Crippen molar-refractivity contribution in [3.8, 4) is 0 Å². The number of pyridine rings is 2. The number of amides is 1. The van der Waals surface area contributed by atoms with Crippen molar-refractivity contribution in [1.29, 1.82) is 0 Å². The second-order valence-corrected chi connectivity index (χ2v) is 5.24.